The van der Waals surface area contributed by atoms with Gasteiger partial charge < -0.3 is 10.3 Å². The summed E-state index contributed by atoms with van der Waals surface area (Å²) in [6, 6.07) is 7.86. The van der Waals surface area contributed by atoms with Crippen molar-refractivity contribution in [2.75, 3.05) is 0 Å². The fourth-order valence-corrected chi connectivity index (χ4v) is 2.66. The van der Waals surface area contributed by atoms with Gasteiger partial charge in [0.1, 0.15) is 5.82 Å². The number of fused-ring (bicyclic) bond motifs is 2. The third-order valence-electron chi connectivity index (χ3n) is 4.30. The third-order valence-corrected chi connectivity index (χ3v) is 4.30. The number of imidazole rings is 1. The Labute approximate surface area is 105 Å². The second-order valence-electron chi connectivity index (χ2n) is 5.60. The lowest BCUT2D eigenvalue weighted by molar-refractivity contribution is -0.125. The highest BCUT2D eigenvalue weighted by Crippen LogP contribution is 2.75. The van der Waals surface area contributed by atoms with Gasteiger partial charge in [-0.05, 0) is 37.8 Å². The molecule has 92 valence electrons. The maximum Gasteiger partial charge on any atom is 0.227 e. The van der Waals surface area contributed by atoms with Gasteiger partial charge in [0.2, 0.25) is 5.91 Å². The predicted molar refractivity (Wildman–Crippen MR) is 67.8 cm³/mol. The molecule has 1 aromatic carbocycles. The molecule has 0 radical (unpaired) electrons. The molecule has 1 atom stereocenters. The van der Waals surface area contributed by atoms with E-state index in [0.29, 0.717) is 5.92 Å². The molecule has 0 aliphatic heterocycles. The highest BCUT2D eigenvalue weighted by Gasteiger charge is 2.74. The minimum absolute atomic E-state index is 0.0281. The molecule has 1 aromatic heterocycles. The van der Waals surface area contributed by atoms with Gasteiger partial charge in [-0.2, -0.15) is 0 Å². The van der Waals surface area contributed by atoms with Crippen molar-refractivity contribution < 1.29 is 4.79 Å². The second-order valence-corrected chi connectivity index (χ2v) is 5.60. The second kappa shape index (κ2) is 3.13. The molecule has 2 fully saturated rings. The van der Waals surface area contributed by atoms with Crippen LogP contribution >= 0.6 is 0 Å². The van der Waals surface area contributed by atoms with E-state index in [1.165, 1.54) is 0 Å². The number of aromatic nitrogens is 2. The number of carbonyl (C=O) groups is 1. The minimum Gasteiger partial charge on any atom is -0.346 e. The lowest BCUT2D eigenvalue weighted by atomic mass is 10.2. The van der Waals surface area contributed by atoms with E-state index in [1.807, 2.05) is 31.2 Å². The first-order valence-electron chi connectivity index (χ1n) is 6.45. The highest BCUT2D eigenvalue weighted by molar-refractivity contribution is 5.90. The largest absolute Gasteiger partial charge is 0.346 e. The number of para-hydroxylation sites is 2. The van der Waals surface area contributed by atoms with E-state index in [0.717, 1.165) is 29.7 Å². The van der Waals surface area contributed by atoms with Crippen molar-refractivity contribution in [3.63, 3.8) is 0 Å². The van der Waals surface area contributed by atoms with Crippen LogP contribution in [-0.2, 0) is 4.79 Å². The van der Waals surface area contributed by atoms with Crippen LogP contribution < -0.4 is 5.32 Å². The summed E-state index contributed by atoms with van der Waals surface area (Å²) >= 11 is 0. The van der Waals surface area contributed by atoms with Crippen LogP contribution in [0.3, 0.4) is 0 Å². The van der Waals surface area contributed by atoms with E-state index < -0.39 is 0 Å². The molecule has 1 amide bonds. The molecule has 0 saturated heterocycles. The average molecular weight is 241 g/mol. The highest BCUT2D eigenvalue weighted by atomic mass is 16.2. The number of H-pyrrole nitrogens is 1. The number of amides is 1. The first-order valence-corrected chi connectivity index (χ1v) is 6.45. The molecule has 0 spiro atoms. The van der Waals surface area contributed by atoms with Gasteiger partial charge in [0.05, 0.1) is 22.5 Å². The lowest BCUT2D eigenvalue weighted by Gasteiger charge is -2.12. The van der Waals surface area contributed by atoms with Gasteiger partial charge in [-0.1, -0.05) is 12.1 Å². The quantitative estimate of drug-likeness (QED) is 0.865. The predicted octanol–water partition coefficient (Wildman–Crippen LogP) is 2.15. The minimum atomic E-state index is -0.0545. The van der Waals surface area contributed by atoms with Crippen LogP contribution in [-0.4, -0.2) is 15.9 Å². The Morgan fingerprint density at radius 3 is 2.89 bits per heavy atom. The monoisotopic (exact) mass is 241 g/mol. The number of rotatable bonds is 3. The molecule has 2 N–H and O–H groups in total. The summed E-state index contributed by atoms with van der Waals surface area (Å²) in [6.45, 7) is 1.98. The Morgan fingerprint density at radius 1 is 1.50 bits per heavy atom. The Bertz CT molecular complexity index is 606. The van der Waals surface area contributed by atoms with Gasteiger partial charge >= 0.3 is 0 Å². The normalized spacial score (nSPS) is 29.7. The first-order chi connectivity index (χ1) is 8.69. The smallest absolute Gasteiger partial charge is 0.227 e. The summed E-state index contributed by atoms with van der Waals surface area (Å²) < 4.78 is 0. The van der Waals surface area contributed by atoms with Gasteiger partial charge in [-0.25, -0.2) is 4.98 Å². The number of carbonyl (C=O) groups excluding carboxylic acids is 1. The molecule has 0 bridgehead atoms. The Hall–Kier alpha value is -1.84. The van der Waals surface area contributed by atoms with E-state index >= 15 is 0 Å². The van der Waals surface area contributed by atoms with Crippen molar-refractivity contribution in [2.24, 2.45) is 11.3 Å². The SMILES string of the molecule is C[C@H](NC(=O)C12CC1C2)c1nc2ccccc2[nH]1. The number of hydrogen-bond acceptors (Lipinski definition) is 2. The lowest BCUT2D eigenvalue weighted by Crippen LogP contribution is -2.31. The number of nitrogens with zero attached hydrogens (tertiary/aromatic N) is 1. The fraction of sp³-hybridized carbons (Fsp3) is 0.429. The van der Waals surface area contributed by atoms with Crippen molar-refractivity contribution in [1.29, 1.82) is 0 Å². The summed E-state index contributed by atoms with van der Waals surface area (Å²) in [6.07, 6.45) is 2.18. The van der Waals surface area contributed by atoms with E-state index in [1.54, 1.807) is 0 Å². The number of aromatic amines is 1. The molecule has 0 unspecified atom stereocenters. The fourth-order valence-electron chi connectivity index (χ4n) is 2.66. The first kappa shape index (κ1) is 10.1. The number of benzene rings is 1. The zero-order chi connectivity index (χ0) is 12.3. The molecule has 2 saturated carbocycles. The average Bonchev–Trinajstić information content (AvgIpc) is 3.16. The van der Waals surface area contributed by atoms with Gasteiger partial charge in [0.15, 0.2) is 0 Å². The molecule has 4 heteroatoms. The molecule has 1 heterocycles. The molecule has 4 rings (SSSR count). The molecule has 2 aromatic rings. The van der Waals surface area contributed by atoms with E-state index in [2.05, 4.69) is 15.3 Å². The summed E-state index contributed by atoms with van der Waals surface area (Å²) in [4.78, 5) is 19.8. The molecular formula is C14H15N3O. The molecule has 2 aliphatic carbocycles. The van der Waals surface area contributed by atoms with Gasteiger partial charge in [0.25, 0.3) is 0 Å². The van der Waals surface area contributed by atoms with Crippen molar-refractivity contribution >= 4 is 16.9 Å². The van der Waals surface area contributed by atoms with Crippen molar-refractivity contribution in [1.82, 2.24) is 15.3 Å². The van der Waals surface area contributed by atoms with E-state index in [9.17, 15) is 4.79 Å². The van der Waals surface area contributed by atoms with Crippen LogP contribution in [0.2, 0.25) is 0 Å². The molecule has 18 heavy (non-hydrogen) atoms. The van der Waals surface area contributed by atoms with Gasteiger partial charge in [0, 0.05) is 0 Å². The van der Waals surface area contributed by atoms with Gasteiger partial charge in [-0.15, -0.1) is 0 Å². The standard InChI is InChI=1S/C14H15N3O/c1-8(15-13(18)14-6-9(14)7-14)12-16-10-4-2-3-5-11(10)17-12/h2-5,8-9H,6-7H2,1H3,(H,15,18)(H,16,17)/t8-,9?,14?/m0/s1. The molecule has 4 nitrogen and oxygen atoms in total. The number of nitrogens with one attached hydrogen (secondary N) is 2. The van der Waals surface area contributed by atoms with Crippen LogP contribution in [0.4, 0.5) is 0 Å². The molecule has 2 aliphatic rings. The summed E-state index contributed by atoms with van der Waals surface area (Å²) in [5, 5.41) is 3.07. The van der Waals surface area contributed by atoms with Crippen LogP contribution in [0.25, 0.3) is 11.0 Å². The van der Waals surface area contributed by atoms with Gasteiger partial charge in [-0.3, -0.25) is 4.79 Å². The zero-order valence-corrected chi connectivity index (χ0v) is 10.2. The van der Waals surface area contributed by atoms with E-state index in [-0.39, 0.29) is 17.4 Å². The summed E-state index contributed by atoms with van der Waals surface area (Å²) in [5.74, 6) is 1.72. The topological polar surface area (TPSA) is 57.8 Å². The zero-order valence-electron chi connectivity index (χ0n) is 10.2. The Morgan fingerprint density at radius 2 is 2.22 bits per heavy atom. The Balaban J connectivity index is 1.56. The third kappa shape index (κ3) is 1.32. The van der Waals surface area contributed by atoms with Crippen molar-refractivity contribution in [2.45, 2.75) is 25.8 Å². The van der Waals surface area contributed by atoms with Crippen LogP contribution in [0.5, 0.6) is 0 Å². The number of hydrogen-bond donors (Lipinski definition) is 2. The summed E-state index contributed by atoms with van der Waals surface area (Å²) in [7, 11) is 0. The van der Waals surface area contributed by atoms with Crippen LogP contribution in [0.15, 0.2) is 24.3 Å². The Kier molecular flexibility index (Phi) is 1.76. The molecular weight excluding hydrogens is 226 g/mol. The summed E-state index contributed by atoms with van der Waals surface area (Å²) in [5.41, 5.74) is 1.99. The van der Waals surface area contributed by atoms with Crippen LogP contribution in [0.1, 0.15) is 31.6 Å². The van der Waals surface area contributed by atoms with Crippen LogP contribution in [0, 0.1) is 11.3 Å². The van der Waals surface area contributed by atoms with E-state index in [4.69, 9.17) is 0 Å². The van der Waals surface area contributed by atoms with Crippen molar-refractivity contribution in [3.05, 3.63) is 30.1 Å². The van der Waals surface area contributed by atoms with Crippen molar-refractivity contribution in [3.8, 4) is 0 Å². The maximum absolute atomic E-state index is 12.0. The maximum atomic E-state index is 12.0.